The molecule has 0 rings (SSSR count). The minimum Gasteiger partial charge on any atom is -0.480 e. The number of halogens is 1. The Bertz CT molecular complexity index is 237. The highest BCUT2D eigenvalue weighted by molar-refractivity contribution is 9.10. The van der Waals surface area contributed by atoms with Crippen molar-refractivity contribution in [1.29, 1.82) is 0 Å². The Hall–Kier alpha value is -0.310. The Morgan fingerprint density at radius 1 is 1.11 bits per heavy atom. The second-order valence-electron chi connectivity index (χ2n) is 5.16. The van der Waals surface area contributed by atoms with Crippen molar-refractivity contribution >= 4 is 21.9 Å². The first-order chi connectivity index (χ1) is 8.50. The SMILES string of the molecule is C=CCCCCCCCCCCC(C)(Br)C(=O)O. The summed E-state index contributed by atoms with van der Waals surface area (Å²) in [6, 6.07) is 0. The molecular formula is C15H27BrO2. The van der Waals surface area contributed by atoms with Gasteiger partial charge in [0, 0.05) is 0 Å². The van der Waals surface area contributed by atoms with Gasteiger partial charge in [-0.05, 0) is 26.2 Å². The summed E-state index contributed by atoms with van der Waals surface area (Å²) in [5.41, 5.74) is 0. The molecule has 0 aliphatic heterocycles. The van der Waals surface area contributed by atoms with Gasteiger partial charge in [-0.15, -0.1) is 6.58 Å². The first-order valence-corrected chi connectivity index (χ1v) is 7.83. The van der Waals surface area contributed by atoms with Gasteiger partial charge in [-0.2, -0.15) is 0 Å². The fourth-order valence-electron chi connectivity index (χ4n) is 1.91. The molecule has 0 radical (unpaired) electrons. The zero-order valence-corrected chi connectivity index (χ0v) is 13.2. The first-order valence-electron chi connectivity index (χ1n) is 7.04. The van der Waals surface area contributed by atoms with E-state index in [2.05, 4.69) is 22.5 Å². The molecule has 0 aromatic carbocycles. The van der Waals surface area contributed by atoms with Gasteiger partial charge in [-0.25, -0.2) is 0 Å². The summed E-state index contributed by atoms with van der Waals surface area (Å²) >= 11 is 3.26. The molecule has 0 spiro atoms. The fourth-order valence-corrected chi connectivity index (χ4v) is 2.19. The summed E-state index contributed by atoms with van der Waals surface area (Å²) in [4.78, 5) is 10.9. The average molecular weight is 319 g/mol. The molecule has 2 nitrogen and oxygen atoms in total. The quantitative estimate of drug-likeness (QED) is 0.301. The number of hydrogen-bond acceptors (Lipinski definition) is 1. The van der Waals surface area contributed by atoms with E-state index >= 15 is 0 Å². The third-order valence-electron chi connectivity index (χ3n) is 3.25. The number of allylic oxidation sites excluding steroid dienone is 1. The largest absolute Gasteiger partial charge is 0.480 e. The van der Waals surface area contributed by atoms with Crippen molar-refractivity contribution in [2.45, 2.75) is 75.5 Å². The lowest BCUT2D eigenvalue weighted by atomic mass is 10.0. The highest BCUT2D eigenvalue weighted by Gasteiger charge is 2.28. The fraction of sp³-hybridized carbons (Fsp3) is 0.800. The Kier molecular flexibility index (Phi) is 10.4. The number of carboxylic acids is 1. The van der Waals surface area contributed by atoms with Crippen molar-refractivity contribution in [3.63, 3.8) is 0 Å². The smallest absolute Gasteiger partial charge is 0.320 e. The van der Waals surface area contributed by atoms with Crippen LogP contribution in [0.5, 0.6) is 0 Å². The van der Waals surface area contributed by atoms with E-state index in [1.165, 1.54) is 38.5 Å². The van der Waals surface area contributed by atoms with E-state index in [-0.39, 0.29) is 0 Å². The molecule has 0 saturated carbocycles. The molecule has 0 bridgehead atoms. The van der Waals surface area contributed by atoms with Gasteiger partial charge in [-0.1, -0.05) is 67.0 Å². The predicted molar refractivity (Wildman–Crippen MR) is 81.3 cm³/mol. The minimum absolute atomic E-state index is 0.710. The van der Waals surface area contributed by atoms with E-state index in [9.17, 15) is 4.79 Å². The molecule has 106 valence electrons. The molecule has 1 unspecified atom stereocenters. The number of rotatable bonds is 12. The van der Waals surface area contributed by atoms with E-state index in [0.29, 0.717) is 6.42 Å². The van der Waals surface area contributed by atoms with Crippen LogP contribution in [-0.4, -0.2) is 15.4 Å². The zero-order chi connectivity index (χ0) is 13.9. The normalized spacial score (nSPS) is 14.1. The average Bonchev–Trinajstić information content (AvgIpc) is 2.31. The molecule has 1 atom stereocenters. The van der Waals surface area contributed by atoms with E-state index in [0.717, 1.165) is 19.3 Å². The Labute approximate surface area is 120 Å². The van der Waals surface area contributed by atoms with Crippen LogP contribution in [0, 0.1) is 0 Å². The highest BCUT2D eigenvalue weighted by Crippen LogP contribution is 2.25. The lowest BCUT2D eigenvalue weighted by Gasteiger charge is -2.16. The van der Waals surface area contributed by atoms with Gasteiger partial charge in [0.1, 0.15) is 4.32 Å². The molecule has 0 heterocycles. The zero-order valence-electron chi connectivity index (χ0n) is 11.6. The molecule has 0 saturated heterocycles. The van der Waals surface area contributed by atoms with Crippen molar-refractivity contribution in [3.8, 4) is 0 Å². The predicted octanol–water partition coefficient (Wildman–Crippen LogP) is 5.31. The molecule has 1 N–H and O–H groups in total. The summed E-state index contributed by atoms with van der Waals surface area (Å²) in [6.45, 7) is 5.45. The maximum Gasteiger partial charge on any atom is 0.320 e. The maximum absolute atomic E-state index is 10.9. The molecule has 0 aromatic heterocycles. The van der Waals surface area contributed by atoms with Crippen LogP contribution >= 0.6 is 15.9 Å². The molecule has 0 aromatic rings. The van der Waals surface area contributed by atoms with Crippen LogP contribution in [0.1, 0.15) is 71.1 Å². The second-order valence-corrected chi connectivity index (χ2v) is 6.91. The van der Waals surface area contributed by atoms with Crippen molar-refractivity contribution in [1.82, 2.24) is 0 Å². The standard InChI is InChI=1S/C15H27BrO2/c1-3-4-5-6-7-8-9-10-11-12-13-15(2,16)14(17)18/h3H,1,4-13H2,2H3,(H,17,18). The summed E-state index contributed by atoms with van der Waals surface area (Å²) in [7, 11) is 0. The van der Waals surface area contributed by atoms with Crippen molar-refractivity contribution < 1.29 is 9.90 Å². The topological polar surface area (TPSA) is 37.3 Å². The Morgan fingerprint density at radius 3 is 2.00 bits per heavy atom. The van der Waals surface area contributed by atoms with Crippen LogP contribution in [0.3, 0.4) is 0 Å². The van der Waals surface area contributed by atoms with Gasteiger partial charge in [-0.3, -0.25) is 4.79 Å². The molecule has 0 fully saturated rings. The third-order valence-corrected chi connectivity index (χ3v) is 3.99. The molecule has 0 aliphatic rings. The van der Waals surface area contributed by atoms with Crippen LogP contribution in [0.25, 0.3) is 0 Å². The van der Waals surface area contributed by atoms with E-state index in [1.807, 2.05) is 6.08 Å². The number of carboxylic acid groups (broad SMARTS) is 1. The van der Waals surface area contributed by atoms with Crippen molar-refractivity contribution in [2.24, 2.45) is 0 Å². The van der Waals surface area contributed by atoms with Gasteiger partial charge >= 0.3 is 5.97 Å². The molecule has 0 amide bonds. The molecular weight excluding hydrogens is 292 g/mol. The van der Waals surface area contributed by atoms with Gasteiger partial charge in [0.2, 0.25) is 0 Å². The lowest BCUT2D eigenvalue weighted by molar-refractivity contribution is -0.139. The third kappa shape index (κ3) is 9.69. The van der Waals surface area contributed by atoms with Gasteiger partial charge in [0.15, 0.2) is 0 Å². The number of hydrogen-bond donors (Lipinski definition) is 1. The van der Waals surface area contributed by atoms with Crippen LogP contribution in [0.15, 0.2) is 12.7 Å². The van der Waals surface area contributed by atoms with Gasteiger partial charge in [0.25, 0.3) is 0 Å². The van der Waals surface area contributed by atoms with E-state index < -0.39 is 10.3 Å². The van der Waals surface area contributed by atoms with Crippen LogP contribution in [0.4, 0.5) is 0 Å². The summed E-state index contributed by atoms with van der Waals surface area (Å²) < 4.78 is -0.738. The van der Waals surface area contributed by atoms with Crippen molar-refractivity contribution in [3.05, 3.63) is 12.7 Å². The molecule has 18 heavy (non-hydrogen) atoms. The number of unbranched alkanes of at least 4 members (excludes halogenated alkanes) is 8. The highest BCUT2D eigenvalue weighted by atomic mass is 79.9. The van der Waals surface area contributed by atoms with Crippen LogP contribution in [0.2, 0.25) is 0 Å². The molecule has 0 aliphatic carbocycles. The second kappa shape index (κ2) is 10.6. The summed E-state index contributed by atoms with van der Waals surface area (Å²) in [5.74, 6) is -0.760. The molecule has 3 heteroatoms. The first kappa shape index (κ1) is 17.7. The number of aliphatic carboxylic acids is 1. The minimum atomic E-state index is -0.760. The summed E-state index contributed by atoms with van der Waals surface area (Å²) in [6.07, 6.45) is 13.7. The van der Waals surface area contributed by atoms with Crippen LogP contribution in [-0.2, 0) is 4.79 Å². The number of alkyl halides is 1. The Balaban J connectivity index is 3.26. The van der Waals surface area contributed by atoms with Crippen LogP contribution < -0.4 is 0 Å². The van der Waals surface area contributed by atoms with Gasteiger partial charge in [0.05, 0.1) is 0 Å². The lowest BCUT2D eigenvalue weighted by Crippen LogP contribution is -2.27. The van der Waals surface area contributed by atoms with Gasteiger partial charge < -0.3 is 5.11 Å². The van der Waals surface area contributed by atoms with Crippen molar-refractivity contribution in [2.75, 3.05) is 0 Å². The van der Waals surface area contributed by atoms with E-state index in [4.69, 9.17) is 5.11 Å². The number of carbonyl (C=O) groups is 1. The Morgan fingerprint density at radius 2 is 1.56 bits per heavy atom. The monoisotopic (exact) mass is 318 g/mol. The summed E-state index contributed by atoms with van der Waals surface area (Å²) in [5, 5.41) is 8.93. The maximum atomic E-state index is 10.9. The van der Waals surface area contributed by atoms with E-state index in [1.54, 1.807) is 6.92 Å².